The molecule has 106 valence electrons. The monoisotopic (exact) mass is 261 g/mol. The molecule has 0 spiro atoms. The molecule has 0 aromatic heterocycles. The molecule has 0 amide bonds. The smallest absolute Gasteiger partial charge is 0.306 e. The number of rotatable bonds is 8. The molecule has 0 saturated carbocycles. The molecule has 1 unspecified atom stereocenters. The van der Waals surface area contributed by atoms with Crippen molar-refractivity contribution < 1.29 is 23.7 Å². The van der Waals surface area contributed by atoms with Crippen LogP contribution in [0, 0.1) is 0 Å². The molecule has 1 rings (SSSR count). The zero-order chi connectivity index (χ0) is 13.2. The normalized spacial score (nSPS) is 20.1. The first-order valence-corrected chi connectivity index (χ1v) is 6.23. The summed E-state index contributed by atoms with van der Waals surface area (Å²) < 4.78 is 20.4. The summed E-state index contributed by atoms with van der Waals surface area (Å²) in [6, 6.07) is 0. The SMILES string of the molecule is COCCN(CCC(=O)OC)CC1CCOCO1. The second-order valence-corrected chi connectivity index (χ2v) is 4.22. The molecule has 0 bridgehead atoms. The molecule has 0 radical (unpaired) electrons. The third-order valence-electron chi connectivity index (χ3n) is 2.90. The highest BCUT2D eigenvalue weighted by molar-refractivity contribution is 5.69. The van der Waals surface area contributed by atoms with Gasteiger partial charge in [-0.05, 0) is 6.42 Å². The van der Waals surface area contributed by atoms with E-state index in [9.17, 15) is 4.79 Å². The van der Waals surface area contributed by atoms with Gasteiger partial charge < -0.3 is 18.9 Å². The van der Waals surface area contributed by atoms with E-state index in [1.807, 2.05) is 0 Å². The van der Waals surface area contributed by atoms with Gasteiger partial charge in [0.1, 0.15) is 6.79 Å². The number of carbonyl (C=O) groups is 1. The van der Waals surface area contributed by atoms with Crippen molar-refractivity contribution in [2.45, 2.75) is 18.9 Å². The van der Waals surface area contributed by atoms with Gasteiger partial charge in [-0.2, -0.15) is 0 Å². The lowest BCUT2D eigenvalue weighted by Crippen LogP contribution is -2.40. The standard InChI is InChI=1S/C12H23NO5/c1-15-8-6-13(5-3-12(14)16-2)9-11-4-7-17-10-18-11/h11H,3-10H2,1-2H3. The van der Waals surface area contributed by atoms with Crippen LogP contribution in [-0.2, 0) is 23.7 Å². The van der Waals surface area contributed by atoms with Crippen molar-refractivity contribution in [1.82, 2.24) is 4.90 Å². The summed E-state index contributed by atoms with van der Waals surface area (Å²) in [5.74, 6) is -0.190. The van der Waals surface area contributed by atoms with Gasteiger partial charge >= 0.3 is 5.97 Å². The number of hydrogen-bond donors (Lipinski definition) is 0. The lowest BCUT2D eigenvalue weighted by molar-refractivity contribution is -0.147. The lowest BCUT2D eigenvalue weighted by Gasteiger charge is -2.29. The highest BCUT2D eigenvalue weighted by Gasteiger charge is 2.18. The van der Waals surface area contributed by atoms with Gasteiger partial charge in [0.05, 0.1) is 32.8 Å². The third-order valence-corrected chi connectivity index (χ3v) is 2.90. The largest absolute Gasteiger partial charge is 0.469 e. The summed E-state index contributed by atoms with van der Waals surface area (Å²) in [7, 11) is 3.08. The van der Waals surface area contributed by atoms with Gasteiger partial charge in [0.15, 0.2) is 0 Å². The van der Waals surface area contributed by atoms with Crippen molar-refractivity contribution in [1.29, 1.82) is 0 Å². The maximum atomic E-state index is 11.2. The molecule has 1 aliphatic rings. The highest BCUT2D eigenvalue weighted by Crippen LogP contribution is 2.08. The Bertz CT molecular complexity index is 231. The zero-order valence-electron chi connectivity index (χ0n) is 11.2. The van der Waals surface area contributed by atoms with Crippen LogP contribution in [0.15, 0.2) is 0 Å². The molecule has 0 aromatic rings. The Morgan fingerprint density at radius 1 is 1.39 bits per heavy atom. The van der Waals surface area contributed by atoms with Crippen molar-refractivity contribution in [2.24, 2.45) is 0 Å². The maximum absolute atomic E-state index is 11.2. The van der Waals surface area contributed by atoms with E-state index in [0.29, 0.717) is 26.4 Å². The van der Waals surface area contributed by atoms with Crippen molar-refractivity contribution in [2.75, 3.05) is 53.9 Å². The Kier molecular flexibility index (Phi) is 7.91. The Morgan fingerprint density at radius 2 is 2.22 bits per heavy atom. The first kappa shape index (κ1) is 15.4. The molecule has 1 fully saturated rings. The Balaban J connectivity index is 2.30. The maximum Gasteiger partial charge on any atom is 0.306 e. The van der Waals surface area contributed by atoms with Crippen LogP contribution in [0.2, 0.25) is 0 Å². The molecule has 0 N–H and O–H groups in total. The van der Waals surface area contributed by atoms with Gasteiger partial charge in [-0.1, -0.05) is 0 Å². The molecule has 6 heteroatoms. The quantitative estimate of drug-likeness (QED) is 0.584. The summed E-state index contributed by atoms with van der Waals surface area (Å²) >= 11 is 0. The minimum absolute atomic E-state index is 0.174. The van der Waals surface area contributed by atoms with Crippen molar-refractivity contribution in [3.63, 3.8) is 0 Å². The van der Waals surface area contributed by atoms with Gasteiger partial charge in [0, 0.05) is 26.7 Å². The van der Waals surface area contributed by atoms with E-state index in [1.165, 1.54) is 7.11 Å². The third kappa shape index (κ3) is 6.30. The van der Waals surface area contributed by atoms with E-state index in [2.05, 4.69) is 9.64 Å². The lowest BCUT2D eigenvalue weighted by atomic mass is 10.2. The molecular weight excluding hydrogens is 238 g/mol. The van der Waals surface area contributed by atoms with Crippen LogP contribution in [0.25, 0.3) is 0 Å². The van der Waals surface area contributed by atoms with E-state index in [0.717, 1.165) is 26.1 Å². The van der Waals surface area contributed by atoms with E-state index >= 15 is 0 Å². The molecule has 18 heavy (non-hydrogen) atoms. The average molecular weight is 261 g/mol. The van der Waals surface area contributed by atoms with Crippen LogP contribution >= 0.6 is 0 Å². The van der Waals surface area contributed by atoms with Gasteiger partial charge in [-0.3, -0.25) is 9.69 Å². The summed E-state index contributed by atoms with van der Waals surface area (Å²) in [5, 5.41) is 0. The molecule has 1 aliphatic heterocycles. The molecule has 6 nitrogen and oxygen atoms in total. The molecule has 0 aliphatic carbocycles. The molecule has 1 atom stereocenters. The second kappa shape index (κ2) is 9.27. The molecule has 1 saturated heterocycles. The summed E-state index contributed by atoms with van der Waals surface area (Å²) in [5.41, 5.74) is 0. The fourth-order valence-electron chi connectivity index (χ4n) is 1.80. The Labute approximate surface area is 108 Å². The minimum Gasteiger partial charge on any atom is -0.469 e. The highest BCUT2D eigenvalue weighted by atomic mass is 16.7. The van der Waals surface area contributed by atoms with Crippen molar-refractivity contribution >= 4 is 5.97 Å². The summed E-state index contributed by atoms with van der Waals surface area (Å²) in [6.07, 6.45) is 1.46. The van der Waals surface area contributed by atoms with E-state index in [4.69, 9.17) is 14.2 Å². The first-order chi connectivity index (χ1) is 8.76. The minimum atomic E-state index is -0.190. The second-order valence-electron chi connectivity index (χ2n) is 4.22. The number of esters is 1. The fourth-order valence-corrected chi connectivity index (χ4v) is 1.80. The Hall–Kier alpha value is -0.690. The van der Waals surface area contributed by atoms with Crippen molar-refractivity contribution in [3.8, 4) is 0 Å². The van der Waals surface area contributed by atoms with E-state index in [1.54, 1.807) is 7.11 Å². The number of carbonyl (C=O) groups excluding carboxylic acids is 1. The fraction of sp³-hybridized carbons (Fsp3) is 0.917. The first-order valence-electron chi connectivity index (χ1n) is 6.23. The van der Waals surface area contributed by atoms with Crippen LogP contribution in [-0.4, -0.2) is 70.8 Å². The van der Waals surface area contributed by atoms with E-state index in [-0.39, 0.29) is 12.1 Å². The topological polar surface area (TPSA) is 57.2 Å². The average Bonchev–Trinajstić information content (AvgIpc) is 2.42. The summed E-state index contributed by atoms with van der Waals surface area (Å²) in [6.45, 7) is 3.98. The predicted octanol–water partition coefficient (Wildman–Crippen LogP) is 0.261. The number of ether oxygens (including phenoxy) is 4. The molecular formula is C12H23NO5. The summed E-state index contributed by atoms with van der Waals surface area (Å²) in [4.78, 5) is 13.3. The predicted molar refractivity (Wildman–Crippen MR) is 65.3 cm³/mol. The van der Waals surface area contributed by atoms with Gasteiger partial charge in [0.25, 0.3) is 0 Å². The van der Waals surface area contributed by atoms with Crippen LogP contribution in [0.4, 0.5) is 0 Å². The number of nitrogens with zero attached hydrogens (tertiary/aromatic N) is 1. The van der Waals surface area contributed by atoms with Crippen molar-refractivity contribution in [3.05, 3.63) is 0 Å². The number of hydrogen-bond acceptors (Lipinski definition) is 6. The molecule has 1 heterocycles. The van der Waals surface area contributed by atoms with Crippen LogP contribution < -0.4 is 0 Å². The van der Waals surface area contributed by atoms with Crippen LogP contribution in [0.3, 0.4) is 0 Å². The van der Waals surface area contributed by atoms with E-state index < -0.39 is 0 Å². The Morgan fingerprint density at radius 3 is 2.83 bits per heavy atom. The zero-order valence-corrected chi connectivity index (χ0v) is 11.2. The van der Waals surface area contributed by atoms with Gasteiger partial charge in [0.2, 0.25) is 0 Å². The van der Waals surface area contributed by atoms with Gasteiger partial charge in [-0.15, -0.1) is 0 Å². The van der Waals surface area contributed by atoms with Crippen LogP contribution in [0.5, 0.6) is 0 Å². The van der Waals surface area contributed by atoms with Gasteiger partial charge in [-0.25, -0.2) is 0 Å². The molecule has 0 aromatic carbocycles. The van der Waals surface area contributed by atoms with Crippen LogP contribution in [0.1, 0.15) is 12.8 Å². The number of methoxy groups -OCH3 is 2.